The van der Waals surface area contributed by atoms with Crippen LogP contribution in [0.15, 0.2) is 67.0 Å². The average molecular weight is 461 g/mol. The molecule has 0 radical (unpaired) electrons. The number of pyridine rings is 1. The maximum absolute atomic E-state index is 13.1. The third-order valence-corrected chi connectivity index (χ3v) is 6.01. The number of ether oxygens (including phenoxy) is 1. The summed E-state index contributed by atoms with van der Waals surface area (Å²) in [7, 11) is 0. The molecule has 1 atom stereocenters. The molecule has 0 aliphatic carbocycles. The van der Waals surface area contributed by atoms with E-state index in [2.05, 4.69) is 15.6 Å². The molecular formula is C25H24FN5O3. The van der Waals surface area contributed by atoms with E-state index in [0.29, 0.717) is 43.4 Å². The molecule has 8 nitrogen and oxygen atoms in total. The Morgan fingerprint density at radius 1 is 1.12 bits per heavy atom. The van der Waals surface area contributed by atoms with Gasteiger partial charge in [-0.2, -0.15) is 0 Å². The van der Waals surface area contributed by atoms with E-state index in [9.17, 15) is 14.0 Å². The van der Waals surface area contributed by atoms with Gasteiger partial charge in [0.05, 0.1) is 18.3 Å². The Balaban J connectivity index is 1.30. The SMILES string of the molecule is O=C1CN2CCN(C(=O)Nc3ccc(F)cc3)C[C@H]2COc2ccc(-c3cccnc3)cc2N1. The predicted octanol–water partition coefficient (Wildman–Crippen LogP) is 3.44. The van der Waals surface area contributed by atoms with Gasteiger partial charge in [0.1, 0.15) is 18.2 Å². The molecule has 1 saturated heterocycles. The highest BCUT2D eigenvalue weighted by atomic mass is 19.1. The Morgan fingerprint density at radius 2 is 1.97 bits per heavy atom. The summed E-state index contributed by atoms with van der Waals surface area (Å²) in [6.07, 6.45) is 3.48. The fourth-order valence-electron chi connectivity index (χ4n) is 4.21. The van der Waals surface area contributed by atoms with Crippen molar-refractivity contribution in [2.75, 3.05) is 43.4 Å². The van der Waals surface area contributed by atoms with Crippen molar-refractivity contribution >= 4 is 23.3 Å². The van der Waals surface area contributed by atoms with Gasteiger partial charge < -0.3 is 20.3 Å². The van der Waals surface area contributed by atoms with Crippen LogP contribution in [0.2, 0.25) is 0 Å². The molecular weight excluding hydrogens is 437 g/mol. The molecule has 3 aromatic rings. The second kappa shape index (κ2) is 9.48. The quantitative estimate of drug-likeness (QED) is 0.611. The third kappa shape index (κ3) is 4.84. The van der Waals surface area contributed by atoms with Crippen LogP contribution in [-0.2, 0) is 4.79 Å². The molecule has 0 spiro atoms. The van der Waals surface area contributed by atoms with E-state index in [0.717, 1.165) is 11.1 Å². The average Bonchev–Trinajstić information content (AvgIpc) is 2.92. The highest BCUT2D eigenvalue weighted by Crippen LogP contribution is 2.32. The van der Waals surface area contributed by atoms with Crippen molar-refractivity contribution < 1.29 is 18.7 Å². The Labute approximate surface area is 196 Å². The molecule has 1 fully saturated rings. The molecule has 0 unspecified atom stereocenters. The summed E-state index contributed by atoms with van der Waals surface area (Å²) in [5, 5.41) is 5.76. The lowest BCUT2D eigenvalue weighted by Crippen LogP contribution is -2.58. The number of anilines is 2. The monoisotopic (exact) mass is 461 g/mol. The smallest absolute Gasteiger partial charge is 0.321 e. The largest absolute Gasteiger partial charge is 0.490 e. The van der Waals surface area contributed by atoms with Gasteiger partial charge in [0, 0.05) is 43.3 Å². The zero-order valence-corrected chi connectivity index (χ0v) is 18.4. The minimum Gasteiger partial charge on any atom is -0.490 e. The van der Waals surface area contributed by atoms with Crippen LogP contribution >= 0.6 is 0 Å². The molecule has 0 bridgehead atoms. The molecule has 1 aromatic heterocycles. The predicted molar refractivity (Wildman–Crippen MR) is 126 cm³/mol. The molecule has 3 heterocycles. The lowest BCUT2D eigenvalue weighted by Gasteiger charge is -2.40. The molecule has 2 aromatic carbocycles. The van der Waals surface area contributed by atoms with Gasteiger partial charge in [-0.15, -0.1) is 0 Å². The van der Waals surface area contributed by atoms with E-state index in [1.165, 1.54) is 24.3 Å². The first kappa shape index (κ1) is 21.8. The first-order chi connectivity index (χ1) is 16.5. The van der Waals surface area contributed by atoms with Gasteiger partial charge in [0.15, 0.2) is 0 Å². The van der Waals surface area contributed by atoms with Crippen LogP contribution in [0.5, 0.6) is 5.75 Å². The lowest BCUT2D eigenvalue weighted by molar-refractivity contribution is -0.118. The van der Waals surface area contributed by atoms with Crippen LogP contribution in [0.25, 0.3) is 11.1 Å². The van der Waals surface area contributed by atoms with Crippen LogP contribution in [0.1, 0.15) is 0 Å². The van der Waals surface area contributed by atoms with Gasteiger partial charge in [-0.05, 0) is 48.0 Å². The van der Waals surface area contributed by atoms with Crippen molar-refractivity contribution in [3.63, 3.8) is 0 Å². The van der Waals surface area contributed by atoms with Crippen molar-refractivity contribution in [1.29, 1.82) is 0 Å². The van der Waals surface area contributed by atoms with Crippen molar-refractivity contribution in [3.05, 3.63) is 72.8 Å². The topological polar surface area (TPSA) is 86.8 Å². The minimum absolute atomic E-state index is 0.135. The Bertz CT molecular complexity index is 1190. The zero-order valence-electron chi connectivity index (χ0n) is 18.4. The number of halogens is 1. The summed E-state index contributed by atoms with van der Waals surface area (Å²) < 4.78 is 19.2. The second-order valence-electron chi connectivity index (χ2n) is 8.32. The molecule has 34 heavy (non-hydrogen) atoms. The van der Waals surface area contributed by atoms with Crippen LogP contribution in [0, 0.1) is 5.82 Å². The maximum atomic E-state index is 13.1. The van der Waals surface area contributed by atoms with E-state index in [1.807, 2.05) is 35.2 Å². The normalized spacial score (nSPS) is 18.3. The molecule has 2 aliphatic rings. The number of hydrogen-bond donors (Lipinski definition) is 2. The fraction of sp³-hybridized carbons (Fsp3) is 0.240. The van der Waals surface area contributed by atoms with Crippen molar-refractivity contribution in [2.24, 2.45) is 0 Å². The Morgan fingerprint density at radius 3 is 2.76 bits per heavy atom. The van der Waals surface area contributed by atoms with Crippen molar-refractivity contribution in [1.82, 2.24) is 14.8 Å². The summed E-state index contributed by atoms with van der Waals surface area (Å²) >= 11 is 0. The highest BCUT2D eigenvalue weighted by Gasteiger charge is 2.32. The Hall–Kier alpha value is -3.98. The molecule has 3 amide bonds. The van der Waals surface area contributed by atoms with Gasteiger partial charge in [0.25, 0.3) is 0 Å². The van der Waals surface area contributed by atoms with Gasteiger partial charge in [0.2, 0.25) is 5.91 Å². The maximum Gasteiger partial charge on any atom is 0.321 e. The van der Waals surface area contributed by atoms with E-state index in [4.69, 9.17) is 4.74 Å². The number of rotatable bonds is 2. The number of piperazine rings is 1. The fourth-order valence-corrected chi connectivity index (χ4v) is 4.21. The first-order valence-electron chi connectivity index (χ1n) is 11.1. The number of amides is 3. The number of nitrogens with one attached hydrogen (secondary N) is 2. The number of carbonyl (C=O) groups excluding carboxylic acids is 2. The summed E-state index contributed by atoms with van der Waals surface area (Å²) in [5.74, 6) is 0.0838. The number of carbonyl (C=O) groups is 2. The number of fused-ring (bicyclic) bond motifs is 2. The third-order valence-electron chi connectivity index (χ3n) is 6.01. The second-order valence-corrected chi connectivity index (χ2v) is 8.32. The summed E-state index contributed by atoms with van der Waals surface area (Å²) in [6, 6.07) is 14.7. The van der Waals surface area contributed by atoms with Crippen LogP contribution in [0.4, 0.5) is 20.6 Å². The van der Waals surface area contributed by atoms with Gasteiger partial charge in [-0.1, -0.05) is 12.1 Å². The number of benzene rings is 2. The highest BCUT2D eigenvalue weighted by molar-refractivity contribution is 5.95. The van der Waals surface area contributed by atoms with E-state index in [-0.39, 0.29) is 30.3 Å². The summed E-state index contributed by atoms with van der Waals surface area (Å²) in [4.78, 5) is 33.4. The summed E-state index contributed by atoms with van der Waals surface area (Å²) in [6.45, 7) is 1.94. The van der Waals surface area contributed by atoms with Crippen LogP contribution in [-0.4, -0.2) is 65.5 Å². The molecule has 2 N–H and O–H groups in total. The number of aromatic nitrogens is 1. The number of nitrogens with zero attached hydrogens (tertiary/aromatic N) is 3. The minimum atomic E-state index is -0.361. The van der Waals surface area contributed by atoms with E-state index >= 15 is 0 Å². The number of hydrogen-bond acceptors (Lipinski definition) is 5. The zero-order chi connectivity index (χ0) is 23.5. The van der Waals surface area contributed by atoms with Gasteiger partial charge >= 0.3 is 6.03 Å². The molecule has 174 valence electrons. The van der Waals surface area contributed by atoms with E-state index in [1.54, 1.807) is 17.3 Å². The molecule has 9 heteroatoms. The first-order valence-corrected chi connectivity index (χ1v) is 11.1. The molecule has 5 rings (SSSR count). The standard InChI is InChI=1S/C25H24FN5O3/c26-19-4-6-20(7-5-19)28-25(33)31-11-10-30-15-24(32)29-22-12-17(18-2-1-9-27-13-18)3-8-23(22)34-16-21(30)14-31/h1-9,12-13,21H,10-11,14-16H2,(H,28,33)(H,29,32)/t21-/m0/s1. The van der Waals surface area contributed by atoms with Crippen LogP contribution < -0.4 is 15.4 Å². The van der Waals surface area contributed by atoms with Gasteiger partial charge in [-0.25, -0.2) is 9.18 Å². The van der Waals surface area contributed by atoms with Crippen LogP contribution in [0.3, 0.4) is 0 Å². The van der Waals surface area contributed by atoms with E-state index < -0.39 is 0 Å². The summed E-state index contributed by atoms with van der Waals surface area (Å²) in [5.41, 5.74) is 3.00. The van der Waals surface area contributed by atoms with Gasteiger partial charge in [-0.3, -0.25) is 14.7 Å². The Kier molecular flexibility index (Phi) is 6.09. The van der Waals surface area contributed by atoms with Crippen molar-refractivity contribution in [2.45, 2.75) is 6.04 Å². The lowest BCUT2D eigenvalue weighted by atomic mass is 10.1. The molecule has 2 aliphatic heterocycles. The van der Waals surface area contributed by atoms with Crippen molar-refractivity contribution in [3.8, 4) is 16.9 Å². The molecule has 0 saturated carbocycles. The number of urea groups is 1.